The Bertz CT molecular complexity index is 524. The Labute approximate surface area is 110 Å². The van der Waals surface area contributed by atoms with Crippen molar-refractivity contribution in [3.8, 4) is 11.3 Å². The number of rotatable bonds is 5. The van der Waals surface area contributed by atoms with Gasteiger partial charge in [-0.15, -0.1) is 11.3 Å². The molecule has 4 nitrogen and oxygen atoms in total. The van der Waals surface area contributed by atoms with Gasteiger partial charge in [-0.3, -0.25) is 4.79 Å². The molecular formula is C13H15N3OS. The molecule has 0 aliphatic rings. The van der Waals surface area contributed by atoms with E-state index in [9.17, 15) is 4.79 Å². The van der Waals surface area contributed by atoms with Crippen molar-refractivity contribution in [3.63, 3.8) is 0 Å². The number of nitrogens with two attached hydrogens (primary N) is 2. The van der Waals surface area contributed by atoms with E-state index in [2.05, 4.69) is 4.98 Å². The molecule has 1 amide bonds. The predicted octanol–water partition coefficient (Wildman–Crippen LogP) is 2.08. The third-order valence-electron chi connectivity index (χ3n) is 2.61. The van der Waals surface area contributed by atoms with Crippen molar-refractivity contribution in [1.82, 2.24) is 4.98 Å². The largest absolute Gasteiger partial charge is 0.370 e. The number of carbonyl (C=O) groups is 1. The van der Waals surface area contributed by atoms with Gasteiger partial charge in [0.05, 0.1) is 11.7 Å². The quantitative estimate of drug-likeness (QED) is 0.864. The summed E-state index contributed by atoms with van der Waals surface area (Å²) in [6, 6.07) is 9.71. The van der Waals surface area contributed by atoms with E-state index in [4.69, 9.17) is 11.5 Å². The lowest BCUT2D eigenvalue weighted by Gasteiger charge is -2.05. The van der Waals surface area contributed by atoms with Crippen LogP contribution in [0.25, 0.3) is 11.3 Å². The minimum atomic E-state index is -0.328. The summed E-state index contributed by atoms with van der Waals surface area (Å²) in [7, 11) is 0. The molecule has 0 aliphatic carbocycles. The normalized spacial score (nSPS) is 12.3. The molecule has 0 aliphatic heterocycles. The van der Waals surface area contributed by atoms with Crippen LogP contribution in [0.15, 0.2) is 35.7 Å². The van der Waals surface area contributed by atoms with Gasteiger partial charge in [0.1, 0.15) is 5.01 Å². The zero-order chi connectivity index (χ0) is 13.0. The highest BCUT2D eigenvalue weighted by molar-refractivity contribution is 7.10. The molecule has 1 atom stereocenters. The fourth-order valence-corrected chi connectivity index (χ4v) is 2.49. The number of thiazole rings is 1. The average molecular weight is 261 g/mol. The third-order valence-corrected chi connectivity index (χ3v) is 3.59. The lowest BCUT2D eigenvalue weighted by Crippen LogP contribution is -2.16. The van der Waals surface area contributed by atoms with Crippen LogP contribution in [0, 0.1) is 0 Å². The number of aromatic nitrogens is 1. The molecule has 0 spiro atoms. The van der Waals surface area contributed by atoms with Gasteiger partial charge in [-0.05, 0) is 6.42 Å². The van der Waals surface area contributed by atoms with Crippen LogP contribution >= 0.6 is 11.3 Å². The topological polar surface area (TPSA) is 82.0 Å². The third kappa shape index (κ3) is 3.15. The Morgan fingerprint density at radius 3 is 2.72 bits per heavy atom. The Morgan fingerprint density at radius 2 is 2.06 bits per heavy atom. The van der Waals surface area contributed by atoms with Gasteiger partial charge in [0.2, 0.25) is 5.91 Å². The lowest BCUT2D eigenvalue weighted by molar-refractivity contribution is -0.118. The molecule has 1 aromatic carbocycles. The zero-order valence-electron chi connectivity index (χ0n) is 9.87. The first-order valence-corrected chi connectivity index (χ1v) is 6.59. The molecule has 1 unspecified atom stereocenters. The van der Waals surface area contributed by atoms with Gasteiger partial charge in [-0.1, -0.05) is 30.3 Å². The number of primary amides is 1. The molecule has 0 radical (unpaired) electrons. The molecule has 1 heterocycles. The monoisotopic (exact) mass is 261 g/mol. The summed E-state index contributed by atoms with van der Waals surface area (Å²) >= 11 is 1.52. The fourth-order valence-electron chi connectivity index (χ4n) is 1.62. The Balaban J connectivity index is 2.08. The summed E-state index contributed by atoms with van der Waals surface area (Å²) in [5, 5.41) is 2.82. The Kier molecular flexibility index (Phi) is 4.07. The maximum Gasteiger partial charge on any atom is 0.217 e. The summed E-state index contributed by atoms with van der Waals surface area (Å²) < 4.78 is 0. The molecule has 1 aromatic heterocycles. The first-order chi connectivity index (χ1) is 8.66. The minimum absolute atomic E-state index is 0.222. The number of amides is 1. The van der Waals surface area contributed by atoms with Crippen molar-refractivity contribution in [2.45, 2.75) is 18.9 Å². The molecule has 94 valence electrons. The molecular weight excluding hydrogens is 246 g/mol. The maximum atomic E-state index is 10.7. The van der Waals surface area contributed by atoms with E-state index in [0.29, 0.717) is 12.8 Å². The van der Waals surface area contributed by atoms with Crippen LogP contribution in [0.3, 0.4) is 0 Å². The Hall–Kier alpha value is -1.72. The molecule has 18 heavy (non-hydrogen) atoms. The highest BCUT2D eigenvalue weighted by atomic mass is 32.1. The van der Waals surface area contributed by atoms with Crippen molar-refractivity contribution < 1.29 is 4.79 Å². The molecule has 2 aromatic rings. The van der Waals surface area contributed by atoms with Crippen molar-refractivity contribution in [2.24, 2.45) is 11.5 Å². The molecule has 5 heteroatoms. The summed E-state index contributed by atoms with van der Waals surface area (Å²) in [6.07, 6.45) is 0.832. The van der Waals surface area contributed by atoms with Crippen LogP contribution in [0.1, 0.15) is 23.9 Å². The SMILES string of the molecule is NC(=O)CCC(N)c1nc(-c2ccccc2)cs1. The fraction of sp³-hybridized carbons (Fsp3) is 0.231. The van der Waals surface area contributed by atoms with E-state index in [1.54, 1.807) is 0 Å². The molecule has 4 N–H and O–H groups in total. The van der Waals surface area contributed by atoms with Gasteiger partial charge in [0.25, 0.3) is 0 Å². The number of benzene rings is 1. The van der Waals surface area contributed by atoms with E-state index in [1.807, 2.05) is 35.7 Å². The molecule has 0 saturated carbocycles. The highest BCUT2D eigenvalue weighted by Gasteiger charge is 2.12. The van der Waals surface area contributed by atoms with E-state index in [0.717, 1.165) is 16.3 Å². The van der Waals surface area contributed by atoms with Crippen molar-refractivity contribution in [3.05, 3.63) is 40.7 Å². The summed E-state index contributed by atoms with van der Waals surface area (Å²) in [5.41, 5.74) is 13.1. The first kappa shape index (κ1) is 12.7. The summed E-state index contributed by atoms with van der Waals surface area (Å²) in [4.78, 5) is 15.2. The van der Waals surface area contributed by atoms with E-state index < -0.39 is 0 Å². The zero-order valence-corrected chi connectivity index (χ0v) is 10.7. The van der Waals surface area contributed by atoms with Gasteiger partial charge >= 0.3 is 0 Å². The van der Waals surface area contributed by atoms with Crippen molar-refractivity contribution >= 4 is 17.2 Å². The lowest BCUT2D eigenvalue weighted by atomic mass is 10.1. The smallest absolute Gasteiger partial charge is 0.217 e. The van der Waals surface area contributed by atoms with Gasteiger partial charge in [0.15, 0.2) is 0 Å². The predicted molar refractivity (Wildman–Crippen MR) is 72.9 cm³/mol. The van der Waals surface area contributed by atoms with Gasteiger partial charge in [-0.25, -0.2) is 4.98 Å². The number of hydrogen-bond acceptors (Lipinski definition) is 4. The van der Waals surface area contributed by atoms with Gasteiger partial charge in [-0.2, -0.15) is 0 Å². The number of carbonyl (C=O) groups excluding carboxylic acids is 1. The average Bonchev–Trinajstić information content (AvgIpc) is 2.86. The van der Waals surface area contributed by atoms with Crippen LogP contribution < -0.4 is 11.5 Å². The molecule has 2 rings (SSSR count). The van der Waals surface area contributed by atoms with Crippen LogP contribution in [0.5, 0.6) is 0 Å². The van der Waals surface area contributed by atoms with E-state index in [-0.39, 0.29) is 11.9 Å². The molecule has 0 bridgehead atoms. The summed E-state index contributed by atoms with van der Waals surface area (Å²) in [5.74, 6) is -0.328. The van der Waals surface area contributed by atoms with Gasteiger partial charge in [0, 0.05) is 17.4 Å². The van der Waals surface area contributed by atoms with Crippen molar-refractivity contribution in [2.75, 3.05) is 0 Å². The van der Waals surface area contributed by atoms with Crippen LogP contribution in [-0.2, 0) is 4.79 Å². The van der Waals surface area contributed by atoms with E-state index >= 15 is 0 Å². The first-order valence-electron chi connectivity index (χ1n) is 5.71. The molecule has 0 saturated heterocycles. The highest BCUT2D eigenvalue weighted by Crippen LogP contribution is 2.26. The van der Waals surface area contributed by atoms with Crippen molar-refractivity contribution in [1.29, 1.82) is 0 Å². The number of hydrogen-bond donors (Lipinski definition) is 2. The minimum Gasteiger partial charge on any atom is -0.370 e. The Morgan fingerprint density at radius 1 is 1.33 bits per heavy atom. The summed E-state index contributed by atoms with van der Waals surface area (Å²) in [6.45, 7) is 0. The van der Waals surface area contributed by atoms with Crippen LogP contribution in [-0.4, -0.2) is 10.9 Å². The van der Waals surface area contributed by atoms with Crippen LogP contribution in [0.2, 0.25) is 0 Å². The van der Waals surface area contributed by atoms with Crippen LogP contribution in [0.4, 0.5) is 0 Å². The second-order valence-electron chi connectivity index (χ2n) is 4.05. The van der Waals surface area contributed by atoms with Gasteiger partial charge < -0.3 is 11.5 Å². The second kappa shape index (κ2) is 5.75. The molecule has 0 fully saturated rings. The second-order valence-corrected chi connectivity index (χ2v) is 4.94. The van der Waals surface area contributed by atoms with E-state index in [1.165, 1.54) is 11.3 Å². The number of nitrogens with zero attached hydrogens (tertiary/aromatic N) is 1. The standard InChI is InChI=1S/C13H15N3OS/c14-10(6-7-12(15)17)13-16-11(8-18-13)9-4-2-1-3-5-9/h1-5,8,10H,6-7,14H2,(H2,15,17). The maximum absolute atomic E-state index is 10.7.